The van der Waals surface area contributed by atoms with Gasteiger partial charge in [-0.05, 0) is 40.3 Å². The molecule has 0 aliphatic carbocycles. The zero-order chi connectivity index (χ0) is 28.5. The van der Waals surface area contributed by atoms with Gasteiger partial charge in [0.05, 0.1) is 43.5 Å². The number of ketones is 1. The molecule has 0 radical (unpaired) electrons. The molecule has 0 aromatic heterocycles. The van der Waals surface area contributed by atoms with Crippen molar-refractivity contribution in [2.45, 2.75) is 38.8 Å². The summed E-state index contributed by atoms with van der Waals surface area (Å²) in [6, 6.07) is 17.2. The highest BCUT2D eigenvalue weighted by molar-refractivity contribution is 6.46. The predicted molar refractivity (Wildman–Crippen MR) is 151 cm³/mol. The van der Waals surface area contributed by atoms with Crippen LogP contribution in [0.15, 0.2) is 66.2 Å². The molecule has 0 spiro atoms. The van der Waals surface area contributed by atoms with E-state index in [0.717, 1.165) is 11.1 Å². The minimum Gasteiger partial charge on any atom is -0.507 e. The van der Waals surface area contributed by atoms with Gasteiger partial charge in [-0.3, -0.25) is 9.59 Å². The first-order chi connectivity index (χ1) is 18.5. The minimum atomic E-state index is -0.841. The maximum Gasteiger partial charge on any atom is 0.295 e. The van der Waals surface area contributed by atoms with Crippen molar-refractivity contribution >= 4 is 29.1 Å². The number of amides is 1. The van der Waals surface area contributed by atoms with E-state index < -0.39 is 17.7 Å². The zero-order valence-electron chi connectivity index (χ0n) is 22.9. The van der Waals surface area contributed by atoms with Crippen LogP contribution in [0.4, 0.5) is 0 Å². The molecule has 7 nitrogen and oxygen atoms in total. The molecule has 39 heavy (non-hydrogen) atoms. The highest BCUT2D eigenvalue weighted by atomic mass is 35.5. The van der Waals surface area contributed by atoms with Gasteiger partial charge in [-0.2, -0.15) is 0 Å². The fourth-order valence-electron chi connectivity index (χ4n) is 4.67. The summed E-state index contributed by atoms with van der Waals surface area (Å²) in [5.41, 5.74) is 2.65. The summed E-state index contributed by atoms with van der Waals surface area (Å²) in [7, 11) is 4.48. The summed E-state index contributed by atoms with van der Waals surface area (Å²) in [5.74, 6) is -0.609. The number of aliphatic hydroxyl groups excluding tert-OH is 1. The van der Waals surface area contributed by atoms with E-state index in [1.54, 1.807) is 19.2 Å². The van der Waals surface area contributed by atoms with Crippen molar-refractivity contribution in [2.24, 2.45) is 0 Å². The van der Waals surface area contributed by atoms with Gasteiger partial charge < -0.3 is 24.2 Å². The fourth-order valence-corrected chi connectivity index (χ4v) is 4.91. The lowest BCUT2D eigenvalue weighted by atomic mass is 9.85. The smallest absolute Gasteiger partial charge is 0.295 e. The number of hydrogen-bond acceptors (Lipinski definition) is 6. The molecule has 1 fully saturated rings. The van der Waals surface area contributed by atoms with Crippen LogP contribution in [0.2, 0.25) is 5.02 Å². The van der Waals surface area contributed by atoms with Crippen molar-refractivity contribution in [3.63, 3.8) is 0 Å². The Morgan fingerprint density at radius 1 is 0.897 bits per heavy atom. The number of Topliss-reactive ketones (excluding diaryl/α,β-unsaturated/α-hetero) is 1. The number of aliphatic hydroxyl groups is 1. The lowest BCUT2D eigenvalue weighted by molar-refractivity contribution is -0.140. The Morgan fingerprint density at radius 3 is 2.05 bits per heavy atom. The van der Waals surface area contributed by atoms with E-state index in [0.29, 0.717) is 17.1 Å². The van der Waals surface area contributed by atoms with E-state index in [9.17, 15) is 14.7 Å². The number of carbonyl (C=O) groups is 2. The highest BCUT2D eigenvalue weighted by Crippen LogP contribution is 2.44. The Balaban J connectivity index is 1.89. The van der Waals surface area contributed by atoms with Crippen LogP contribution in [-0.2, 0) is 21.5 Å². The van der Waals surface area contributed by atoms with Crippen molar-refractivity contribution < 1.29 is 28.9 Å². The third-order valence-corrected chi connectivity index (χ3v) is 7.17. The zero-order valence-corrected chi connectivity index (χ0v) is 23.6. The van der Waals surface area contributed by atoms with E-state index in [4.69, 9.17) is 25.8 Å². The maximum atomic E-state index is 13.5. The summed E-state index contributed by atoms with van der Waals surface area (Å²) in [6.07, 6.45) is 0. The van der Waals surface area contributed by atoms with Gasteiger partial charge in [0.2, 0.25) is 0 Å². The van der Waals surface area contributed by atoms with Crippen molar-refractivity contribution in [1.29, 1.82) is 0 Å². The number of ether oxygens (including phenoxy) is 3. The molecule has 8 heteroatoms. The third kappa shape index (κ3) is 5.45. The van der Waals surface area contributed by atoms with Gasteiger partial charge in [0, 0.05) is 12.6 Å². The lowest BCUT2D eigenvalue weighted by Crippen LogP contribution is -2.29. The Kier molecular flexibility index (Phi) is 7.93. The Morgan fingerprint density at radius 2 is 1.51 bits per heavy atom. The molecule has 1 amide bonds. The summed E-state index contributed by atoms with van der Waals surface area (Å²) in [4.78, 5) is 28.4. The van der Waals surface area contributed by atoms with Gasteiger partial charge in [-0.1, -0.05) is 68.8 Å². The molecule has 3 aromatic rings. The molecule has 4 rings (SSSR count). The molecular weight excluding hydrogens is 518 g/mol. The predicted octanol–water partition coefficient (Wildman–Crippen LogP) is 6.29. The van der Waals surface area contributed by atoms with E-state index in [2.05, 4.69) is 20.8 Å². The van der Waals surface area contributed by atoms with Crippen molar-refractivity contribution in [1.82, 2.24) is 4.90 Å². The first-order valence-corrected chi connectivity index (χ1v) is 12.8. The lowest BCUT2D eigenvalue weighted by Gasteiger charge is -2.27. The molecule has 1 heterocycles. The number of likely N-dealkylation sites (tertiary alicyclic amines) is 1. The van der Waals surface area contributed by atoms with Gasteiger partial charge in [0.1, 0.15) is 23.0 Å². The molecule has 1 aliphatic rings. The number of rotatable bonds is 7. The maximum absolute atomic E-state index is 13.5. The molecule has 1 aliphatic heterocycles. The number of nitrogens with zero attached hydrogens (tertiary/aromatic N) is 1. The summed E-state index contributed by atoms with van der Waals surface area (Å²) in [5, 5.41) is 11.8. The van der Waals surface area contributed by atoms with E-state index >= 15 is 0 Å². The monoisotopic (exact) mass is 549 g/mol. The van der Waals surface area contributed by atoms with Crippen LogP contribution < -0.4 is 14.2 Å². The van der Waals surface area contributed by atoms with Gasteiger partial charge in [-0.15, -0.1) is 0 Å². The molecule has 204 valence electrons. The second-order valence-corrected chi connectivity index (χ2v) is 10.7. The molecular formula is C31H32ClNO6. The van der Waals surface area contributed by atoms with E-state index in [-0.39, 0.29) is 39.6 Å². The molecule has 1 saturated heterocycles. The Labute approximate surface area is 233 Å². The molecule has 3 aromatic carbocycles. The first-order valence-electron chi connectivity index (χ1n) is 12.4. The number of benzene rings is 3. The van der Waals surface area contributed by atoms with Crippen molar-refractivity contribution in [3.05, 3.63) is 93.5 Å². The third-order valence-electron chi connectivity index (χ3n) is 6.87. The summed E-state index contributed by atoms with van der Waals surface area (Å²) >= 11 is 6.36. The van der Waals surface area contributed by atoms with Gasteiger partial charge in [0.15, 0.2) is 0 Å². The van der Waals surface area contributed by atoms with Crippen LogP contribution in [0.1, 0.15) is 49.1 Å². The van der Waals surface area contributed by atoms with E-state index in [1.165, 1.54) is 31.3 Å². The first kappa shape index (κ1) is 28.0. The molecule has 0 bridgehead atoms. The van der Waals surface area contributed by atoms with Crippen LogP contribution >= 0.6 is 11.6 Å². The second-order valence-electron chi connectivity index (χ2n) is 10.3. The summed E-state index contributed by atoms with van der Waals surface area (Å²) < 4.78 is 16.0. The number of carbonyl (C=O) groups excluding carboxylic acids is 2. The topological polar surface area (TPSA) is 85.3 Å². The Hall–Kier alpha value is -3.97. The molecule has 0 saturated carbocycles. The largest absolute Gasteiger partial charge is 0.507 e. The second kappa shape index (κ2) is 11.0. The number of halogens is 1. The normalized spacial score (nSPS) is 16.9. The minimum absolute atomic E-state index is 0.0449. The highest BCUT2D eigenvalue weighted by Gasteiger charge is 2.46. The average Bonchev–Trinajstić information content (AvgIpc) is 3.17. The quantitative estimate of drug-likeness (QED) is 0.212. The van der Waals surface area contributed by atoms with Crippen LogP contribution in [0.5, 0.6) is 17.2 Å². The average molecular weight is 550 g/mol. The molecule has 1 N–H and O–H groups in total. The van der Waals surface area contributed by atoms with Gasteiger partial charge >= 0.3 is 0 Å². The summed E-state index contributed by atoms with van der Waals surface area (Å²) in [6.45, 7) is 6.48. The van der Waals surface area contributed by atoms with Gasteiger partial charge in [-0.25, -0.2) is 0 Å². The fraction of sp³-hybridized carbons (Fsp3) is 0.290. The van der Waals surface area contributed by atoms with Gasteiger partial charge in [0.25, 0.3) is 11.7 Å². The van der Waals surface area contributed by atoms with Crippen LogP contribution in [0, 0.1) is 0 Å². The number of hydrogen-bond donors (Lipinski definition) is 1. The van der Waals surface area contributed by atoms with Crippen molar-refractivity contribution in [2.75, 3.05) is 21.3 Å². The SMILES string of the molecule is COc1ccc(CN2C(=O)C(=O)/C(=C(/O)c3cc(Cl)c(OC)cc3OC)C2c2ccc(C(C)(C)C)cc2)cc1. The molecule has 1 atom stereocenters. The van der Waals surface area contributed by atoms with Crippen molar-refractivity contribution in [3.8, 4) is 17.2 Å². The van der Waals surface area contributed by atoms with Crippen LogP contribution in [0.25, 0.3) is 5.76 Å². The Bertz CT molecular complexity index is 1420. The van der Waals surface area contributed by atoms with Crippen LogP contribution in [-0.4, -0.2) is 43.0 Å². The van der Waals surface area contributed by atoms with Crippen LogP contribution in [0.3, 0.4) is 0 Å². The molecule has 1 unspecified atom stereocenters. The van der Waals surface area contributed by atoms with E-state index in [1.807, 2.05) is 36.4 Å². The number of methoxy groups -OCH3 is 3. The standard InChI is InChI=1S/C31H32ClNO6/c1-31(2,3)20-11-9-19(10-12-20)27-26(28(34)22-15-23(32)25(39-6)16-24(22)38-5)29(35)30(36)33(27)17-18-7-13-21(37-4)14-8-18/h7-16,27,34H,17H2,1-6H3/b28-26+.